The van der Waals surface area contributed by atoms with Crippen molar-refractivity contribution in [2.75, 3.05) is 0 Å². The zero-order valence-electron chi connectivity index (χ0n) is 35.5. The first-order chi connectivity index (χ1) is 25.7. The van der Waals surface area contributed by atoms with Crippen molar-refractivity contribution >= 4 is 23.9 Å². The molecule has 55 heavy (non-hydrogen) atoms. The molecule has 0 radical (unpaired) electrons. The smallest absolute Gasteiger partial charge is 0.312 e. The van der Waals surface area contributed by atoms with Crippen molar-refractivity contribution in [1.82, 2.24) is 0 Å². The molecule has 1 heterocycles. The molecule has 1 aliphatic heterocycles. The van der Waals surface area contributed by atoms with Crippen molar-refractivity contribution in [1.29, 1.82) is 0 Å². The van der Waals surface area contributed by atoms with Gasteiger partial charge in [0.2, 0.25) is 0 Å². The summed E-state index contributed by atoms with van der Waals surface area (Å²) in [6.45, 7) is 18.1. The molecule has 0 spiro atoms. The molecular formula is C46H72O9. The van der Waals surface area contributed by atoms with Gasteiger partial charge >= 0.3 is 23.9 Å². The molecule has 11 fully saturated rings. The van der Waals surface area contributed by atoms with Crippen molar-refractivity contribution in [3.8, 4) is 0 Å². The molecule has 9 nitrogen and oxygen atoms in total. The van der Waals surface area contributed by atoms with Gasteiger partial charge in [-0.05, 0) is 166 Å². The zero-order chi connectivity index (χ0) is 39.9. The third-order valence-electron chi connectivity index (χ3n) is 16.9. The Kier molecular flexibility index (Phi) is 10.9. The van der Waals surface area contributed by atoms with Crippen LogP contribution in [-0.2, 0) is 38.1 Å². The lowest BCUT2D eigenvalue weighted by Gasteiger charge is -2.59. The first-order valence-electron chi connectivity index (χ1n) is 22.3. The molecular weight excluding hydrogens is 696 g/mol. The normalized spacial score (nSPS) is 44.2. The number of esters is 4. The molecule has 310 valence electrons. The summed E-state index contributed by atoms with van der Waals surface area (Å²) >= 11 is 0. The van der Waals surface area contributed by atoms with Crippen LogP contribution in [-0.4, -0.2) is 58.0 Å². The fraction of sp³-hybridized carbons (Fsp3) is 0.913. The van der Waals surface area contributed by atoms with Gasteiger partial charge in [0.1, 0.15) is 23.4 Å². The summed E-state index contributed by atoms with van der Waals surface area (Å²) in [6, 6.07) is 0. The third-order valence-corrected chi connectivity index (χ3v) is 16.9. The van der Waals surface area contributed by atoms with Crippen LogP contribution in [0.2, 0.25) is 0 Å². The van der Waals surface area contributed by atoms with Crippen LogP contribution in [0.5, 0.6) is 0 Å². The Morgan fingerprint density at radius 3 is 1.82 bits per heavy atom. The highest BCUT2D eigenvalue weighted by Gasteiger charge is 2.64. The summed E-state index contributed by atoms with van der Waals surface area (Å²) in [7, 11) is 0. The Morgan fingerprint density at radius 2 is 1.31 bits per heavy atom. The summed E-state index contributed by atoms with van der Waals surface area (Å²) in [5.74, 6) is 4.59. The Labute approximate surface area is 330 Å². The fourth-order valence-electron chi connectivity index (χ4n) is 13.0. The molecule has 0 aromatic carbocycles. The van der Waals surface area contributed by atoms with E-state index in [1.54, 1.807) is 0 Å². The second kappa shape index (κ2) is 14.6. The van der Waals surface area contributed by atoms with Gasteiger partial charge in [0.15, 0.2) is 0 Å². The van der Waals surface area contributed by atoms with Crippen molar-refractivity contribution in [3.63, 3.8) is 0 Å². The van der Waals surface area contributed by atoms with Crippen molar-refractivity contribution < 1.29 is 43.2 Å². The lowest BCUT2D eigenvalue weighted by molar-refractivity contribution is -0.225. The number of aliphatic hydroxyl groups is 1. The molecule has 11 aliphatic rings. The van der Waals surface area contributed by atoms with Gasteiger partial charge in [-0.1, -0.05) is 27.7 Å². The van der Waals surface area contributed by atoms with E-state index in [1.165, 1.54) is 38.5 Å². The Hall–Kier alpha value is -2.16. The summed E-state index contributed by atoms with van der Waals surface area (Å²) in [5, 5.41) is 10.6. The summed E-state index contributed by atoms with van der Waals surface area (Å²) in [4.78, 5) is 48.2. The molecule has 1 saturated heterocycles. The van der Waals surface area contributed by atoms with Crippen molar-refractivity contribution in [2.24, 2.45) is 70.0 Å². The zero-order valence-corrected chi connectivity index (χ0v) is 35.5. The predicted molar refractivity (Wildman–Crippen MR) is 207 cm³/mol. The van der Waals surface area contributed by atoms with Crippen molar-refractivity contribution in [2.45, 2.75) is 194 Å². The fourth-order valence-corrected chi connectivity index (χ4v) is 13.0. The first kappa shape index (κ1) is 41.0. The number of hydrogen-bond donors (Lipinski definition) is 1. The number of hydrogen-bond acceptors (Lipinski definition) is 9. The van der Waals surface area contributed by atoms with Crippen LogP contribution < -0.4 is 0 Å². The van der Waals surface area contributed by atoms with E-state index in [-0.39, 0.29) is 64.5 Å². The molecule has 8 atom stereocenters. The quantitative estimate of drug-likeness (QED) is 0.181. The van der Waals surface area contributed by atoms with Gasteiger partial charge in [-0.2, -0.15) is 0 Å². The number of ether oxygens (including phenoxy) is 4. The highest BCUT2D eigenvalue weighted by atomic mass is 16.6. The first-order valence-corrected chi connectivity index (χ1v) is 22.3. The minimum atomic E-state index is -0.555. The van der Waals surface area contributed by atoms with E-state index < -0.39 is 11.0 Å². The monoisotopic (exact) mass is 769 g/mol. The summed E-state index contributed by atoms with van der Waals surface area (Å²) in [5.41, 5.74) is -1.83. The van der Waals surface area contributed by atoms with Crippen LogP contribution in [0.25, 0.3) is 0 Å². The molecule has 0 aromatic rings. The van der Waals surface area contributed by atoms with E-state index in [9.17, 15) is 24.3 Å². The van der Waals surface area contributed by atoms with E-state index in [2.05, 4.69) is 13.8 Å². The molecule has 0 aromatic heterocycles. The SMILES string of the molecule is CCC(C)(C)C(=O)OC1(C)C2CC3CC(C2)CC1C3.CCC(C)(C)C(=O)OC12CC3CC(CC(O)(C3)C1)C2.CCC(C)C(=O)OC1C2CC3C(=O)OC1C3C2. The van der Waals surface area contributed by atoms with Gasteiger partial charge in [-0.3, -0.25) is 19.2 Å². The highest BCUT2D eigenvalue weighted by Crippen LogP contribution is 2.61. The molecule has 9 heteroatoms. The minimum absolute atomic E-state index is 0.0185. The van der Waals surface area contributed by atoms with Crippen molar-refractivity contribution in [3.05, 3.63) is 0 Å². The molecule has 11 rings (SSSR count). The number of rotatable bonds is 9. The number of carbonyl (C=O) groups is 4. The number of carbonyl (C=O) groups excluding carboxylic acids is 4. The van der Waals surface area contributed by atoms with E-state index in [1.807, 2.05) is 48.5 Å². The van der Waals surface area contributed by atoms with Gasteiger partial charge in [0.05, 0.1) is 28.3 Å². The van der Waals surface area contributed by atoms with Gasteiger partial charge in [0.25, 0.3) is 0 Å². The maximum Gasteiger partial charge on any atom is 0.312 e. The van der Waals surface area contributed by atoms with Crippen LogP contribution in [0.4, 0.5) is 0 Å². The molecule has 10 saturated carbocycles. The second-order valence-electron chi connectivity index (χ2n) is 21.7. The summed E-state index contributed by atoms with van der Waals surface area (Å²) in [6.07, 6.45) is 16.2. The van der Waals surface area contributed by atoms with E-state index in [0.29, 0.717) is 41.9 Å². The summed E-state index contributed by atoms with van der Waals surface area (Å²) < 4.78 is 23.0. The second-order valence-corrected chi connectivity index (χ2v) is 21.7. The Morgan fingerprint density at radius 1 is 0.782 bits per heavy atom. The maximum atomic E-state index is 12.5. The van der Waals surface area contributed by atoms with E-state index in [0.717, 1.165) is 69.6 Å². The van der Waals surface area contributed by atoms with Gasteiger partial charge in [-0.25, -0.2) is 0 Å². The topological polar surface area (TPSA) is 125 Å². The van der Waals surface area contributed by atoms with E-state index in [4.69, 9.17) is 18.9 Å². The van der Waals surface area contributed by atoms with Crippen LogP contribution in [0.3, 0.4) is 0 Å². The Bertz CT molecular complexity index is 1450. The van der Waals surface area contributed by atoms with Gasteiger partial charge in [0, 0.05) is 18.3 Å². The van der Waals surface area contributed by atoms with Crippen LogP contribution in [0.15, 0.2) is 0 Å². The van der Waals surface area contributed by atoms with Gasteiger partial charge in [-0.15, -0.1) is 0 Å². The van der Waals surface area contributed by atoms with Crippen LogP contribution >= 0.6 is 0 Å². The molecule has 10 bridgehead atoms. The average Bonchev–Trinajstić information content (AvgIpc) is 3.75. The van der Waals surface area contributed by atoms with Crippen LogP contribution in [0, 0.1) is 70.0 Å². The van der Waals surface area contributed by atoms with Gasteiger partial charge < -0.3 is 24.1 Å². The maximum absolute atomic E-state index is 12.5. The number of fused-ring (bicyclic) bond motifs is 1. The lowest BCUT2D eigenvalue weighted by atomic mass is 9.50. The lowest BCUT2D eigenvalue weighted by Crippen LogP contribution is -2.61. The molecule has 1 N–H and O–H groups in total. The van der Waals surface area contributed by atoms with Crippen LogP contribution in [0.1, 0.15) is 165 Å². The predicted octanol–water partition coefficient (Wildman–Crippen LogP) is 8.76. The molecule has 8 unspecified atom stereocenters. The largest absolute Gasteiger partial charge is 0.459 e. The third kappa shape index (κ3) is 7.64. The van der Waals surface area contributed by atoms with E-state index >= 15 is 0 Å². The molecule has 10 aliphatic carbocycles. The highest BCUT2D eigenvalue weighted by molar-refractivity contribution is 5.78. The Balaban J connectivity index is 0.000000127. The molecule has 0 amide bonds. The minimum Gasteiger partial charge on any atom is -0.459 e. The standard InChI is InChI=1S/C17H28O2.C16H26O3.C13H18O4/c1-5-16(2,3)15(18)19-17(4)13-7-11-6-12(9-13)10-14(17)8-11;1-4-14(2,3)13(17)19-16-8-11-5-12(9-16)7-15(18,6-11)10-16;1-3-6(2)12(14)16-10-7-4-8-9(5-7)13(15)17-11(8)10/h11-14H,5-10H2,1-4H3;11-12,18H,4-10H2,1-3H3;6-11H,3-5H2,1-2H3. The average molecular weight is 769 g/mol.